The molecule has 1 aliphatic heterocycles. The highest BCUT2D eigenvalue weighted by atomic mass is 16.5. The summed E-state index contributed by atoms with van der Waals surface area (Å²) in [6.45, 7) is 5.82. The zero-order valence-corrected chi connectivity index (χ0v) is 9.44. The fourth-order valence-corrected chi connectivity index (χ4v) is 2.20. The van der Waals surface area contributed by atoms with Crippen molar-refractivity contribution in [3.8, 4) is 0 Å². The Balaban J connectivity index is 2.30. The van der Waals surface area contributed by atoms with Gasteiger partial charge in [0.05, 0.1) is 24.2 Å². The molecule has 2 rings (SSSR count). The van der Waals surface area contributed by atoms with Crippen molar-refractivity contribution in [3.63, 3.8) is 0 Å². The molecule has 0 amide bonds. The number of hydrogen-bond donors (Lipinski definition) is 1. The molecule has 0 bridgehead atoms. The number of nitrogens with zero attached hydrogens (tertiary/aromatic N) is 2. The van der Waals surface area contributed by atoms with Crippen LogP contribution in [-0.2, 0) is 10.3 Å². The van der Waals surface area contributed by atoms with Gasteiger partial charge in [0, 0.05) is 18.8 Å². The molecular weight excluding hydrogens is 190 g/mol. The van der Waals surface area contributed by atoms with Gasteiger partial charge in [-0.1, -0.05) is 0 Å². The first-order chi connectivity index (χ1) is 7.13. The van der Waals surface area contributed by atoms with Crippen molar-refractivity contribution in [2.75, 3.05) is 13.2 Å². The normalized spacial score (nSPS) is 29.0. The minimum Gasteiger partial charge on any atom is -0.379 e. The number of aromatic nitrogens is 2. The first kappa shape index (κ1) is 10.6. The van der Waals surface area contributed by atoms with Crippen molar-refractivity contribution in [3.05, 3.63) is 18.2 Å². The molecule has 15 heavy (non-hydrogen) atoms. The second-order valence-electron chi connectivity index (χ2n) is 4.63. The molecule has 1 aromatic rings. The Labute approximate surface area is 90.4 Å². The number of rotatable bonds is 2. The minimum absolute atomic E-state index is 0.0197. The van der Waals surface area contributed by atoms with Crippen LogP contribution >= 0.6 is 0 Å². The van der Waals surface area contributed by atoms with E-state index in [9.17, 15) is 0 Å². The Bertz CT molecular complexity index is 326. The lowest BCUT2D eigenvalue weighted by Gasteiger charge is -2.36. The summed E-state index contributed by atoms with van der Waals surface area (Å²) in [5.41, 5.74) is 7.03. The number of imidazole rings is 1. The van der Waals surface area contributed by atoms with Gasteiger partial charge >= 0.3 is 0 Å². The molecule has 0 spiro atoms. The van der Waals surface area contributed by atoms with Crippen LogP contribution in [0.5, 0.6) is 0 Å². The third-order valence-electron chi connectivity index (χ3n) is 3.13. The van der Waals surface area contributed by atoms with Crippen molar-refractivity contribution in [1.82, 2.24) is 9.55 Å². The Morgan fingerprint density at radius 3 is 3.07 bits per heavy atom. The average Bonchev–Trinajstić information content (AvgIpc) is 2.67. The Morgan fingerprint density at radius 2 is 2.47 bits per heavy atom. The van der Waals surface area contributed by atoms with Crippen LogP contribution in [0.2, 0.25) is 0 Å². The van der Waals surface area contributed by atoms with Crippen LogP contribution in [0.15, 0.2) is 12.5 Å². The zero-order chi connectivity index (χ0) is 10.9. The third-order valence-corrected chi connectivity index (χ3v) is 3.13. The molecule has 1 saturated heterocycles. The summed E-state index contributed by atoms with van der Waals surface area (Å²) < 4.78 is 7.73. The topological polar surface area (TPSA) is 53.1 Å². The first-order valence-electron chi connectivity index (χ1n) is 5.49. The maximum Gasteiger partial charge on any atom is 0.0954 e. The summed E-state index contributed by atoms with van der Waals surface area (Å²) in [5.74, 6) is 0. The van der Waals surface area contributed by atoms with Gasteiger partial charge in [0.25, 0.3) is 0 Å². The molecule has 0 radical (unpaired) electrons. The van der Waals surface area contributed by atoms with Crippen molar-refractivity contribution >= 4 is 0 Å². The highest BCUT2D eigenvalue weighted by molar-refractivity contribution is 5.08. The van der Waals surface area contributed by atoms with E-state index in [0.29, 0.717) is 0 Å². The molecule has 1 unspecified atom stereocenters. The number of ether oxygens (including phenoxy) is 1. The van der Waals surface area contributed by atoms with Gasteiger partial charge in [-0.15, -0.1) is 0 Å². The fourth-order valence-electron chi connectivity index (χ4n) is 2.20. The van der Waals surface area contributed by atoms with E-state index in [1.165, 1.54) is 0 Å². The van der Waals surface area contributed by atoms with E-state index in [1.54, 1.807) is 0 Å². The molecule has 1 aromatic heterocycles. The van der Waals surface area contributed by atoms with Gasteiger partial charge in [-0.2, -0.15) is 0 Å². The van der Waals surface area contributed by atoms with E-state index in [4.69, 9.17) is 10.5 Å². The van der Waals surface area contributed by atoms with Crippen LogP contribution in [0.25, 0.3) is 0 Å². The van der Waals surface area contributed by atoms with Gasteiger partial charge < -0.3 is 15.0 Å². The molecule has 4 heteroatoms. The van der Waals surface area contributed by atoms with Crippen LogP contribution in [0, 0.1) is 0 Å². The van der Waals surface area contributed by atoms with Crippen LogP contribution in [0.1, 0.15) is 38.4 Å². The highest BCUT2D eigenvalue weighted by Gasteiger charge is 2.31. The molecule has 4 nitrogen and oxygen atoms in total. The van der Waals surface area contributed by atoms with Crippen molar-refractivity contribution in [1.29, 1.82) is 0 Å². The van der Waals surface area contributed by atoms with Crippen molar-refractivity contribution in [2.24, 2.45) is 5.73 Å². The van der Waals surface area contributed by atoms with Crippen LogP contribution in [0.3, 0.4) is 0 Å². The lowest BCUT2D eigenvalue weighted by atomic mass is 9.94. The first-order valence-corrected chi connectivity index (χ1v) is 5.49. The second-order valence-corrected chi connectivity index (χ2v) is 4.63. The number of nitrogens with two attached hydrogens (primary N) is 1. The molecule has 1 aliphatic rings. The summed E-state index contributed by atoms with van der Waals surface area (Å²) in [4.78, 5) is 4.19. The van der Waals surface area contributed by atoms with Crippen LogP contribution < -0.4 is 5.73 Å². The minimum atomic E-state index is 0.0197. The Hall–Kier alpha value is -0.870. The molecule has 0 aromatic carbocycles. The van der Waals surface area contributed by atoms with Gasteiger partial charge in [-0.25, -0.2) is 4.98 Å². The van der Waals surface area contributed by atoms with Crippen molar-refractivity contribution < 1.29 is 4.74 Å². The largest absolute Gasteiger partial charge is 0.379 e. The summed E-state index contributed by atoms with van der Waals surface area (Å²) in [6, 6.07) is 0.0197. The van der Waals surface area contributed by atoms with Gasteiger partial charge in [0.15, 0.2) is 0 Å². The van der Waals surface area contributed by atoms with Gasteiger partial charge in [-0.3, -0.25) is 0 Å². The molecule has 0 saturated carbocycles. The standard InChI is InChI=1S/C11H19N3O/c1-9(12)10-6-13-8-14(10)11(2)4-3-5-15-7-11/h6,8-9H,3-5,7,12H2,1-2H3/t9-,11?/m0/s1. The van der Waals surface area contributed by atoms with E-state index in [0.717, 1.165) is 31.7 Å². The lowest BCUT2D eigenvalue weighted by Crippen LogP contribution is -2.40. The fraction of sp³-hybridized carbons (Fsp3) is 0.727. The second kappa shape index (κ2) is 3.94. The predicted molar refractivity (Wildman–Crippen MR) is 58.5 cm³/mol. The van der Waals surface area contributed by atoms with Gasteiger partial charge in [-0.05, 0) is 26.7 Å². The SMILES string of the molecule is C[C@H](N)c1cncn1C1(C)CCCOC1. The number of hydrogen-bond acceptors (Lipinski definition) is 3. The molecule has 2 N–H and O–H groups in total. The van der Waals surface area contributed by atoms with E-state index in [-0.39, 0.29) is 11.6 Å². The monoisotopic (exact) mass is 209 g/mol. The Kier molecular flexibility index (Phi) is 2.80. The Morgan fingerprint density at radius 1 is 1.67 bits per heavy atom. The quantitative estimate of drug-likeness (QED) is 0.801. The predicted octanol–water partition coefficient (Wildman–Crippen LogP) is 1.43. The van der Waals surface area contributed by atoms with E-state index < -0.39 is 0 Å². The summed E-state index contributed by atoms with van der Waals surface area (Å²) in [5, 5.41) is 0. The van der Waals surface area contributed by atoms with E-state index in [2.05, 4.69) is 16.5 Å². The van der Waals surface area contributed by atoms with Crippen LogP contribution in [-0.4, -0.2) is 22.8 Å². The molecule has 1 fully saturated rings. The average molecular weight is 209 g/mol. The molecule has 84 valence electrons. The molecular formula is C11H19N3O. The molecule has 0 aliphatic carbocycles. The third kappa shape index (κ3) is 1.92. The summed E-state index contributed by atoms with van der Waals surface area (Å²) in [6.07, 6.45) is 5.95. The van der Waals surface area contributed by atoms with Crippen LogP contribution in [0.4, 0.5) is 0 Å². The van der Waals surface area contributed by atoms with E-state index >= 15 is 0 Å². The zero-order valence-electron chi connectivity index (χ0n) is 9.44. The summed E-state index contributed by atoms with van der Waals surface area (Å²) >= 11 is 0. The molecule has 2 atom stereocenters. The summed E-state index contributed by atoms with van der Waals surface area (Å²) in [7, 11) is 0. The maximum atomic E-state index is 5.92. The van der Waals surface area contributed by atoms with Crippen molar-refractivity contribution in [2.45, 2.75) is 38.3 Å². The van der Waals surface area contributed by atoms with Gasteiger partial charge in [0.2, 0.25) is 0 Å². The van der Waals surface area contributed by atoms with E-state index in [1.807, 2.05) is 19.4 Å². The van der Waals surface area contributed by atoms with Gasteiger partial charge in [0.1, 0.15) is 0 Å². The smallest absolute Gasteiger partial charge is 0.0954 e. The molecule has 2 heterocycles. The lowest BCUT2D eigenvalue weighted by molar-refractivity contribution is 0.00793. The maximum absolute atomic E-state index is 5.92. The highest BCUT2D eigenvalue weighted by Crippen LogP contribution is 2.29.